The first-order chi connectivity index (χ1) is 13.6. The molecule has 3 aromatic rings. The van der Waals surface area contributed by atoms with Gasteiger partial charge in [-0.1, -0.05) is 42.5 Å². The number of Topliss-reactive ketones (excluding diaryl/α,β-unsaturated/α-hetero) is 1. The fraction of sp³-hybridized carbons (Fsp3) is 0.286. The third-order valence-corrected chi connectivity index (χ3v) is 4.63. The molecule has 0 aliphatic rings. The number of amides is 1. The van der Waals surface area contributed by atoms with Crippen LogP contribution in [-0.4, -0.2) is 38.7 Å². The largest absolute Gasteiger partial charge is 0.354 e. The summed E-state index contributed by atoms with van der Waals surface area (Å²) in [6, 6.07) is 13.3. The zero-order valence-electron chi connectivity index (χ0n) is 16.0. The molecule has 0 saturated carbocycles. The van der Waals surface area contributed by atoms with E-state index in [0.29, 0.717) is 30.6 Å². The van der Waals surface area contributed by atoms with Crippen molar-refractivity contribution in [3.8, 4) is 0 Å². The van der Waals surface area contributed by atoms with Gasteiger partial charge < -0.3 is 5.32 Å². The Balaban J connectivity index is 1.82. The molecule has 0 radical (unpaired) electrons. The molecule has 0 fully saturated rings. The number of hydrogen-bond acceptors (Lipinski definition) is 5. The number of aryl methyl sites for hydroxylation is 1. The highest BCUT2D eigenvalue weighted by molar-refractivity contribution is 5.99. The van der Waals surface area contributed by atoms with E-state index in [-0.39, 0.29) is 23.3 Å². The fourth-order valence-electron chi connectivity index (χ4n) is 2.99. The first-order valence-electron chi connectivity index (χ1n) is 9.25. The average molecular weight is 377 g/mol. The fourth-order valence-corrected chi connectivity index (χ4v) is 2.99. The van der Waals surface area contributed by atoms with Gasteiger partial charge in [0.05, 0.1) is 6.20 Å². The van der Waals surface area contributed by atoms with Gasteiger partial charge in [0.15, 0.2) is 5.78 Å². The van der Waals surface area contributed by atoms with Crippen molar-refractivity contribution in [1.29, 1.82) is 0 Å². The highest BCUT2D eigenvalue weighted by atomic mass is 16.1. The second-order valence-corrected chi connectivity index (χ2v) is 6.57. The Morgan fingerprint density at radius 1 is 1.18 bits per heavy atom. The van der Waals surface area contributed by atoms with E-state index in [1.54, 1.807) is 36.3 Å². The molecular weight excluding hydrogens is 354 g/mol. The van der Waals surface area contributed by atoms with Crippen molar-refractivity contribution < 1.29 is 9.59 Å². The number of carbonyl (C=O) groups excluding carboxylic acids is 2. The molecule has 0 unspecified atom stereocenters. The number of rotatable bonds is 8. The number of carbonyl (C=O) groups is 2. The maximum absolute atomic E-state index is 12.7. The third kappa shape index (κ3) is 4.68. The van der Waals surface area contributed by atoms with Crippen molar-refractivity contribution in [2.24, 2.45) is 0 Å². The molecule has 28 heavy (non-hydrogen) atoms. The molecule has 1 atom stereocenters. The van der Waals surface area contributed by atoms with Crippen LogP contribution in [0.15, 0.2) is 54.9 Å². The number of aromatic nitrogens is 4. The Labute approximate surface area is 163 Å². The van der Waals surface area contributed by atoms with Crippen LogP contribution < -0.4 is 5.32 Å². The summed E-state index contributed by atoms with van der Waals surface area (Å²) in [5, 5.41) is 10.2. The van der Waals surface area contributed by atoms with Crippen LogP contribution in [0.5, 0.6) is 0 Å². The molecule has 2 aromatic heterocycles. The quantitative estimate of drug-likeness (QED) is 0.610. The second kappa shape index (κ2) is 9.03. The normalized spacial score (nSPS) is 11.8. The Hall–Kier alpha value is -3.35. The number of benzene rings is 1. The molecular formula is C21H23N5O2. The Morgan fingerprint density at radius 2 is 1.96 bits per heavy atom. The van der Waals surface area contributed by atoms with E-state index >= 15 is 0 Å². The highest BCUT2D eigenvalue weighted by Gasteiger charge is 2.18. The molecule has 7 nitrogen and oxygen atoms in total. The predicted octanol–water partition coefficient (Wildman–Crippen LogP) is 2.85. The van der Waals surface area contributed by atoms with E-state index in [9.17, 15) is 9.59 Å². The minimum absolute atomic E-state index is 0.0193. The van der Waals surface area contributed by atoms with E-state index < -0.39 is 0 Å². The second-order valence-electron chi connectivity index (χ2n) is 6.57. The van der Waals surface area contributed by atoms with Gasteiger partial charge in [0, 0.05) is 43.4 Å². The summed E-state index contributed by atoms with van der Waals surface area (Å²) in [6.45, 7) is 2.64. The molecule has 0 aliphatic heterocycles. The summed E-state index contributed by atoms with van der Waals surface area (Å²) in [5.41, 5.74) is 2.54. The van der Waals surface area contributed by atoms with Gasteiger partial charge in [-0.2, -0.15) is 0 Å². The number of ketones is 1. The SMILES string of the molecule is CNC(=O)c1cc(C(=O)CCCn2ccnn2)cc([C@@H](C)c2ccccc2)n1. The lowest BCUT2D eigenvalue weighted by atomic mass is 9.94. The monoisotopic (exact) mass is 377 g/mol. The molecule has 144 valence electrons. The molecule has 2 heterocycles. The van der Waals surface area contributed by atoms with E-state index in [4.69, 9.17) is 0 Å². The highest BCUT2D eigenvalue weighted by Crippen LogP contribution is 2.24. The standard InChI is InChI=1S/C21H23N5O2/c1-15(16-7-4-3-5-8-16)18-13-17(14-19(24-18)21(28)22-2)20(27)9-6-11-26-12-10-23-25-26/h3-5,7-8,10,12-15H,6,9,11H2,1-2H3,(H,22,28)/t15-/m0/s1. The van der Waals surface area contributed by atoms with E-state index in [0.717, 1.165) is 5.56 Å². The molecule has 0 aliphatic carbocycles. The smallest absolute Gasteiger partial charge is 0.269 e. The Bertz CT molecular complexity index is 939. The summed E-state index contributed by atoms with van der Waals surface area (Å²) in [5.74, 6) is -0.361. The zero-order chi connectivity index (χ0) is 19.9. The lowest BCUT2D eigenvalue weighted by Crippen LogP contribution is -2.21. The van der Waals surface area contributed by atoms with Gasteiger partial charge in [-0.05, 0) is 24.1 Å². The van der Waals surface area contributed by atoms with Gasteiger partial charge in [-0.15, -0.1) is 5.10 Å². The van der Waals surface area contributed by atoms with Gasteiger partial charge in [-0.25, -0.2) is 4.98 Å². The summed E-state index contributed by atoms with van der Waals surface area (Å²) >= 11 is 0. The lowest BCUT2D eigenvalue weighted by molar-refractivity contribution is 0.0958. The van der Waals surface area contributed by atoms with Crippen LogP contribution in [0.3, 0.4) is 0 Å². The molecule has 1 amide bonds. The van der Waals surface area contributed by atoms with Crippen molar-refractivity contribution in [1.82, 2.24) is 25.3 Å². The van der Waals surface area contributed by atoms with Crippen LogP contribution in [0.2, 0.25) is 0 Å². The summed E-state index contributed by atoms with van der Waals surface area (Å²) in [6.07, 6.45) is 4.37. The zero-order valence-corrected chi connectivity index (χ0v) is 16.0. The third-order valence-electron chi connectivity index (χ3n) is 4.63. The van der Waals surface area contributed by atoms with E-state index in [2.05, 4.69) is 20.6 Å². The number of pyridine rings is 1. The first kappa shape index (κ1) is 19.4. The number of nitrogens with one attached hydrogen (secondary N) is 1. The molecule has 0 bridgehead atoms. The summed E-state index contributed by atoms with van der Waals surface area (Å²) < 4.78 is 1.69. The van der Waals surface area contributed by atoms with E-state index in [1.165, 1.54) is 0 Å². The van der Waals surface area contributed by atoms with Crippen molar-refractivity contribution >= 4 is 11.7 Å². The Morgan fingerprint density at radius 3 is 2.64 bits per heavy atom. The Kier molecular flexibility index (Phi) is 6.26. The van der Waals surface area contributed by atoms with Gasteiger partial charge >= 0.3 is 0 Å². The van der Waals surface area contributed by atoms with Crippen LogP contribution in [0, 0.1) is 0 Å². The number of hydrogen-bond donors (Lipinski definition) is 1. The van der Waals surface area contributed by atoms with Crippen LogP contribution in [0.4, 0.5) is 0 Å². The minimum Gasteiger partial charge on any atom is -0.354 e. The van der Waals surface area contributed by atoms with Crippen molar-refractivity contribution in [3.63, 3.8) is 0 Å². The molecule has 0 spiro atoms. The summed E-state index contributed by atoms with van der Waals surface area (Å²) in [4.78, 5) is 29.4. The summed E-state index contributed by atoms with van der Waals surface area (Å²) in [7, 11) is 1.55. The predicted molar refractivity (Wildman–Crippen MR) is 105 cm³/mol. The van der Waals surface area contributed by atoms with Crippen molar-refractivity contribution in [2.45, 2.75) is 32.2 Å². The molecule has 1 aromatic carbocycles. The van der Waals surface area contributed by atoms with Gasteiger partial charge in [0.2, 0.25) is 0 Å². The van der Waals surface area contributed by atoms with Crippen LogP contribution in [0.25, 0.3) is 0 Å². The molecule has 1 N–H and O–H groups in total. The average Bonchev–Trinajstić information content (AvgIpc) is 3.26. The maximum Gasteiger partial charge on any atom is 0.269 e. The van der Waals surface area contributed by atoms with Crippen LogP contribution >= 0.6 is 0 Å². The molecule has 7 heteroatoms. The van der Waals surface area contributed by atoms with Crippen molar-refractivity contribution in [2.75, 3.05) is 7.05 Å². The van der Waals surface area contributed by atoms with E-state index in [1.807, 2.05) is 37.3 Å². The molecule has 3 rings (SSSR count). The van der Waals surface area contributed by atoms with Gasteiger partial charge in [0.25, 0.3) is 5.91 Å². The van der Waals surface area contributed by atoms with Crippen LogP contribution in [-0.2, 0) is 6.54 Å². The maximum atomic E-state index is 12.7. The molecule has 0 saturated heterocycles. The topological polar surface area (TPSA) is 89.8 Å². The van der Waals surface area contributed by atoms with Crippen LogP contribution in [0.1, 0.15) is 57.8 Å². The first-order valence-corrected chi connectivity index (χ1v) is 9.25. The van der Waals surface area contributed by atoms with Gasteiger partial charge in [-0.3, -0.25) is 14.3 Å². The number of nitrogens with zero attached hydrogens (tertiary/aromatic N) is 4. The lowest BCUT2D eigenvalue weighted by Gasteiger charge is -2.14. The minimum atomic E-state index is -0.307. The van der Waals surface area contributed by atoms with Crippen molar-refractivity contribution in [3.05, 3.63) is 77.4 Å². The van der Waals surface area contributed by atoms with Gasteiger partial charge in [0.1, 0.15) is 5.69 Å².